The first-order valence-corrected chi connectivity index (χ1v) is 10.6. The van der Waals surface area contributed by atoms with Gasteiger partial charge in [0.1, 0.15) is 5.82 Å². The standard InChI is InChI=1S/C21H14ClF4NO3S/c22-18-9-6-14(10-19(18)23)20(28)27-12-13-4-7-16(8-5-13)31(29,30)17-3-1-2-15(11-17)21(24,25)26/h1-11H,12H2,(H,27,28). The van der Waals surface area contributed by atoms with E-state index in [-0.39, 0.29) is 22.0 Å². The van der Waals surface area contributed by atoms with E-state index < -0.39 is 38.2 Å². The third-order valence-corrected chi connectivity index (χ3v) is 6.41. The van der Waals surface area contributed by atoms with Crippen LogP contribution in [-0.4, -0.2) is 14.3 Å². The normalized spacial score (nSPS) is 11.9. The molecule has 0 atom stereocenters. The average Bonchev–Trinajstić information content (AvgIpc) is 2.73. The van der Waals surface area contributed by atoms with Gasteiger partial charge >= 0.3 is 6.18 Å². The SMILES string of the molecule is O=C(NCc1ccc(S(=O)(=O)c2cccc(C(F)(F)F)c2)cc1)c1ccc(Cl)c(F)c1. The van der Waals surface area contributed by atoms with E-state index in [1.165, 1.54) is 36.4 Å². The highest BCUT2D eigenvalue weighted by molar-refractivity contribution is 7.91. The van der Waals surface area contributed by atoms with Gasteiger partial charge in [-0.15, -0.1) is 0 Å². The number of benzene rings is 3. The number of alkyl halides is 3. The number of carbonyl (C=O) groups excluding carboxylic acids is 1. The summed E-state index contributed by atoms with van der Waals surface area (Å²) in [5.41, 5.74) is -0.469. The Morgan fingerprint density at radius 1 is 0.935 bits per heavy atom. The Morgan fingerprint density at radius 3 is 2.23 bits per heavy atom. The van der Waals surface area contributed by atoms with Gasteiger partial charge in [0.05, 0.1) is 20.4 Å². The summed E-state index contributed by atoms with van der Waals surface area (Å²) in [6.45, 7) is 0.0208. The summed E-state index contributed by atoms with van der Waals surface area (Å²) in [6, 6.07) is 12.4. The smallest absolute Gasteiger partial charge is 0.348 e. The zero-order valence-corrected chi connectivity index (χ0v) is 17.2. The van der Waals surface area contributed by atoms with Gasteiger partial charge < -0.3 is 5.32 Å². The van der Waals surface area contributed by atoms with Crippen molar-refractivity contribution in [2.24, 2.45) is 0 Å². The van der Waals surface area contributed by atoms with Crippen LogP contribution in [0.3, 0.4) is 0 Å². The minimum Gasteiger partial charge on any atom is -0.348 e. The molecule has 31 heavy (non-hydrogen) atoms. The minimum atomic E-state index is -4.67. The van der Waals surface area contributed by atoms with Crippen LogP contribution < -0.4 is 5.32 Å². The molecule has 0 heterocycles. The topological polar surface area (TPSA) is 63.2 Å². The lowest BCUT2D eigenvalue weighted by atomic mass is 10.2. The van der Waals surface area contributed by atoms with E-state index in [0.717, 1.165) is 24.3 Å². The summed E-state index contributed by atoms with van der Waals surface area (Å²) >= 11 is 5.57. The fourth-order valence-corrected chi connectivity index (χ4v) is 4.11. The van der Waals surface area contributed by atoms with Crippen LogP contribution in [0.5, 0.6) is 0 Å². The van der Waals surface area contributed by atoms with E-state index in [0.29, 0.717) is 11.6 Å². The van der Waals surface area contributed by atoms with Gasteiger partial charge in [0, 0.05) is 12.1 Å². The molecule has 162 valence electrons. The molecule has 3 aromatic rings. The number of hydrogen-bond acceptors (Lipinski definition) is 3. The van der Waals surface area contributed by atoms with Crippen LogP contribution in [0.25, 0.3) is 0 Å². The van der Waals surface area contributed by atoms with Crippen molar-refractivity contribution in [1.82, 2.24) is 5.32 Å². The van der Waals surface area contributed by atoms with Crippen LogP contribution in [0, 0.1) is 5.82 Å². The van der Waals surface area contributed by atoms with E-state index in [1.54, 1.807) is 0 Å². The zero-order valence-electron chi connectivity index (χ0n) is 15.6. The molecule has 10 heteroatoms. The van der Waals surface area contributed by atoms with Crippen LogP contribution in [0.2, 0.25) is 5.02 Å². The Hall–Kier alpha value is -2.91. The Morgan fingerprint density at radius 2 is 1.61 bits per heavy atom. The average molecular weight is 472 g/mol. The molecular weight excluding hydrogens is 458 g/mol. The van der Waals surface area contributed by atoms with Crippen molar-refractivity contribution in [2.45, 2.75) is 22.5 Å². The fraction of sp³-hybridized carbons (Fsp3) is 0.0952. The summed E-state index contributed by atoms with van der Waals surface area (Å²) in [7, 11) is -4.16. The third kappa shape index (κ3) is 5.23. The highest BCUT2D eigenvalue weighted by atomic mass is 35.5. The lowest BCUT2D eigenvalue weighted by Crippen LogP contribution is -2.22. The third-order valence-electron chi connectivity index (χ3n) is 4.34. The molecule has 0 saturated heterocycles. The predicted molar refractivity (Wildman–Crippen MR) is 106 cm³/mol. The van der Waals surface area contributed by atoms with E-state index in [4.69, 9.17) is 11.6 Å². The maximum Gasteiger partial charge on any atom is 0.416 e. The van der Waals surface area contributed by atoms with E-state index >= 15 is 0 Å². The molecule has 0 aromatic heterocycles. The number of hydrogen-bond donors (Lipinski definition) is 1. The van der Waals surface area contributed by atoms with Gasteiger partial charge in [-0.2, -0.15) is 13.2 Å². The number of amides is 1. The second-order valence-corrected chi connectivity index (χ2v) is 8.84. The van der Waals surface area contributed by atoms with Gasteiger partial charge in [-0.3, -0.25) is 4.79 Å². The number of carbonyl (C=O) groups is 1. The Labute approximate surface area is 180 Å². The van der Waals surface area contributed by atoms with Crippen molar-refractivity contribution in [3.05, 3.63) is 94.3 Å². The summed E-state index contributed by atoms with van der Waals surface area (Å²) in [5.74, 6) is -1.30. The Bertz CT molecular complexity index is 1230. The molecule has 0 saturated carbocycles. The second-order valence-electron chi connectivity index (χ2n) is 6.48. The first-order valence-electron chi connectivity index (χ1n) is 8.73. The number of nitrogens with one attached hydrogen (secondary N) is 1. The first kappa shape index (κ1) is 22.8. The fourth-order valence-electron chi connectivity index (χ4n) is 2.68. The quantitative estimate of drug-likeness (QED) is 0.516. The van der Waals surface area contributed by atoms with Crippen LogP contribution in [0.1, 0.15) is 21.5 Å². The Kier molecular flexibility index (Phi) is 6.38. The molecule has 3 aromatic carbocycles. The molecule has 0 spiro atoms. The molecular formula is C21H14ClF4NO3S. The van der Waals surface area contributed by atoms with Gasteiger partial charge in [0.15, 0.2) is 0 Å². The van der Waals surface area contributed by atoms with Gasteiger partial charge in [0.2, 0.25) is 9.84 Å². The molecule has 0 radical (unpaired) electrons. The van der Waals surface area contributed by atoms with Crippen molar-refractivity contribution in [3.8, 4) is 0 Å². The molecule has 1 amide bonds. The van der Waals surface area contributed by atoms with Crippen molar-refractivity contribution >= 4 is 27.3 Å². The molecule has 0 aliphatic carbocycles. The van der Waals surface area contributed by atoms with Gasteiger partial charge in [-0.1, -0.05) is 29.8 Å². The number of sulfone groups is 1. The Balaban J connectivity index is 1.73. The van der Waals surface area contributed by atoms with E-state index in [2.05, 4.69) is 5.32 Å². The van der Waals surface area contributed by atoms with Crippen LogP contribution >= 0.6 is 11.6 Å². The highest BCUT2D eigenvalue weighted by Gasteiger charge is 2.32. The monoisotopic (exact) mass is 471 g/mol. The van der Waals surface area contributed by atoms with Crippen molar-refractivity contribution in [3.63, 3.8) is 0 Å². The van der Waals surface area contributed by atoms with Gasteiger partial charge in [-0.25, -0.2) is 12.8 Å². The lowest BCUT2D eigenvalue weighted by Gasteiger charge is -2.10. The molecule has 0 bridgehead atoms. The molecule has 0 unspecified atom stereocenters. The molecule has 0 aliphatic heterocycles. The first-order chi connectivity index (χ1) is 14.5. The molecule has 0 fully saturated rings. The van der Waals surface area contributed by atoms with Crippen LogP contribution in [0.4, 0.5) is 17.6 Å². The zero-order chi connectivity index (χ0) is 22.8. The molecule has 3 rings (SSSR count). The largest absolute Gasteiger partial charge is 0.416 e. The maximum atomic E-state index is 13.5. The highest BCUT2D eigenvalue weighted by Crippen LogP contribution is 2.32. The summed E-state index contributed by atoms with van der Waals surface area (Å²) in [6.07, 6.45) is -4.67. The molecule has 4 nitrogen and oxygen atoms in total. The van der Waals surface area contributed by atoms with E-state index in [9.17, 15) is 30.8 Å². The number of halogens is 5. The van der Waals surface area contributed by atoms with Gasteiger partial charge in [0.25, 0.3) is 5.91 Å². The summed E-state index contributed by atoms with van der Waals surface area (Å²) in [5, 5.41) is 2.44. The predicted octanol–water partition coefficient (Wildman–Crippen LogP) is 5.26. The van der Waals surface area contributed by atoms with E-state index in [1.807, 2.05) is 0 Å². The van der Waals surface area contributed by atoms with Crippen molar-refractivity contribution < 1.29 is 30.8 Å². The number of rotatable bonds is 5. The lowest BCUT2D eigenvalue weighted by molar-refractivity contribution is -0.137. The summed E-state index contributed by atoms with van der Waals surface area (Å²) in [4.78, 5) is 11.4. The van der Waals surface area contributed by atoms with Crippen molar-refractivity contribution in [1.29, 1.82) is 0 Å². The molecule has 0 aliphatic rings. The van der Waals surface area contributed by atoms with Gasteiger partial charge in [-0.05, 0) is 54.1 Å². The van der Waals surface area contributed by atoms with Crippen LogP contribution in [0.15, 0.2) is 76.5 Å². The van der Waals surface area contributed by atoms with Crippen LogP contribution in [-0.2, 0) is 22.6 Å². The minimum absolute atomic E-state index is 0.0208. The maximum absolute atomic E-state index is 13.5. The molecule has 1 N–H and O–H groups in total. The summed E-state index contributed by atoms with van der Waals surface area (Å²) < 4.78 is 77.4. The van der Waals surface area contributed by atoms with Crippen molar-refractivity contribution in [2.75, 3.05) is 0 Å². The second kappa shape index (κ2) is 8.68.